The van der Waals surface area contributed by atoms with Crippen molar-refractivity contribution in [2.75, 3.05) is 19.6 Å². The molecule has 0 saturated carbocycles. The lowest BCUT2D eigenvalue weighted by Gasteiger charge is -2.30. The van der Waals surface area contributed by atoms with Crippen molar-refractivity contribution in [3.8, 4) is 0 Å². The Morgan fingerprint density at radius 2 is 2.00 bits per heavy atom. The zero-order valence-corrected chi connectivity index (χ0v) is 12.9. The zero-order chi connectivity index (χ0) is 16.4. The summed E-state index contributed by atoms with van der Waals surface area (Å²) in [6, 6.07) is 5.74. The van der Waals surface area contributed by atoms with Gasteiger partial charge in [-0.15, -0.1) is 0 Å². The molecule has 0 aliphatic carbocycles. The Labute approximate surface area is 134 Å². The Morgan fingerprint density at radius 1 is 1.26 bits per heavy atom. The molecule has 6 heteroatoms. The van der Waals surface area contributed by atoms with Crippen LogP contribution in [-0.2, 0) is 9.59 Å². The summed E-state index contributed by atoms with van der Waals surface area (Å²) >= 11 is 0. The summed E-state index contributed by atoms with van der Waals surface area (Å²) in [7, 11) is 0. The molecule has 1 aromatic rings. The molecular weight excluding hydrogens is 299 g/mol. The summed E-state index contributed by atoms with van der Waals surface area (Å²) in [5.41, 5.74) is 0.807. The molecule has 0 unspecified atom stereocenters. The van der Waals surface area contributed by atoms with Crippen LogP contribution in [0.3, 0.4) is 0 Å². The number of benzene rings is 1. The number of likely N-dealkylation sites (tertiary alicyclic amines) is 2. The third-order valence-corrected chi connectivity index (χ3v) is 4.60. The maximum absolute atomic E-state index is 13.1. The van der Waals surface area contributed by atoms with Crippen LogP contribution in [0.15, 0.2) is 24.3 Å². The van der Waals surface area contributed by atoms with Crippen LogP contribution in [0.1, 0.15) is 37.3 Å². The molecule has 2 heterocycles. The monoisotopic (exact) mass is 320 g/mol. The molecule has 2 atom stereocenters. The number of aliphatic hydroxyl groups is 1. The minimum atomic E-state index is -0.592. The predicted octanol–water partition coefficient (Wildman–Crippen LogP) is 1.47. The molecule has 2 aliphatic heterocycles. The number of β-amino-alcohol motifs (C(OH)–C–C–N with tert-alkyl or cyclic N) is 1. The number of carbonyl (C=O) groups is 2. The number of amides is 2. The Kier molecular flexibility index (Phi) is 4.61. The van der Waals surface area contributed by atoms with E-state index in [9.17, 15) is 19.1 Å². The van der Waals surface area contributed by atoms with E-state index in [4.69, 9.17) is 0 Å². The lowest BCUT2D eigenvalue weighted by molar-refractivity contribution is -0.142. The molecule has 0 spiro atoms. The molecule has 124 valence electrons. The van der Waals surface area contributed by atoms with E-state index in [2.05, 4.69) is 0 Å². The van der Waals surface area contributed by atoms with Gasteiger partial charge in [-0.3, -0.25) is 9.59 Å². The smallest absolute Gasteiger partial charge is 0.242 e. The fourth-order valence-corrected chi connectivity index (χ4v) is 3.37. The van der Waals surface area contributed by atoms with Gasteiger partial charge in [-0.2, -0.15) is 0 Å². The van der Waals surface area contributed by atoms with Crippen molar-refractivity contribution in [3.05, 3.63) is 35.6 Å². The largest absolute Gasteiger partial charge is 0.391 e. The molecule has 1 aromatic carbocycles. The first-order chi connectivity index (χ1) is 11.0. The Morgan fingerprint density at radius 3 is 2.70 bits per heavy atom. The summed E-state index contributed by atoms with van der Waals surface area (Å²) in [4.78, 5) is 27.7. The van der Waals surface area contributed by atoms with Gasteiger partial charge in [0.15, 0.2) is 0 Å². The third kappa shape index (κ3) is 3.52. The van der Waals surface area contributed by atoms with Gasteiger partial charge >= 0.3 is 0 Å². The number of hydrogen-bond donors (Lipinski definition) is 1. The number of halogens is 1. The minimum absolute atomic E-state index is 0.0164. The van der Waals surface area contributed by atoms with Gasteiger partial charge in [0.25, 0.3) is 0 Å². The number of piperidine rings is 1. The third-order valence-electron chi connectivity index (χ3n) is 4.60. The molecule has 2 aliphatic rings. The molecule has 3 rings (SSSR count). The highest BCUT2D eigenvalue weighted by atomic mass is 19.1. The number of hydrogen-bond acceptors (Lipinski definition) is 3. The van der Waals surface area contributed by atoms with E-state index in [-0.39, 0.29) is 36.8 Å². The maximum Gasteiger partial charge on any atom is 0.242 e. The zero-order valence-electron chi connectivity index (χ0n) is 12.9. The van der Waals surface area contributed by atoms with Gasteiger partial charge in [0.1, 0.15) is 5.82 Å². The molecule has 23 heavy (non-hydrogen) atoms. The number of rotatable bonds is 3. The predicted molar refractivity (Wildman–Crippen MR) is 81.9 cm³/mol. The second-order valence-corrected chi connectivity index (χ2v) is 6.28. The Hall–Kier alpha value is -1.95. The van der Waals surface area contributed by atoms with Gasteiger partial charge in [0.05, 0.1) is 18.7 Å². The molecule has 0 radical (unpaired) electrons. The van der Waals surface area contributed by atoms with Crippen LogP contribution in [0, 0.1) is 5.82 Å². The van der Waals surface area contributed by atoms with Gasteiger partial charge in [-0.1, -0.05) is 12.1 Å². The average molecular weight is 320 g/mol. The van der Waals surface area contributed by atoms with E-state index >= 15 is 0 Å². The van der Waals surface area contributed by atoms with Gasteiger partial charge in [0, 0.05) is 19.5 Å². The van der Waals surface area contributed by atoms with Crippen LogP contribution in [0.2, 0.25) is 0 Å². The van der Waals surface area contributed by atoms with Crippen LogP contribution in [0.4, 0.5) is 4.39 Å². The van der Waals surface area contributed by atoms with E-state index < -0.39 is 6.10 Å². The topological polar surface area (TPSA) is 60.9 Å². The summed E-state index contributed by atoms with van der Waals surface area (Å²) in [5.74, 6) is -0.474. The molecular formula is C17H21FN2O3. The first kappa shape index (κ1) is 15.9. The summed E-state index contributed by atoms with van der Waals surface area (Å²) in [6.07, 6.45) is 2.14. The standard InChI is InChI=1S/C17H21FN2O3/c18-13-6-4-12(5-7-13)15-9-14(21)10-20(15)17(23)11-19-8-2-1-3-16(19)22/h4-7,14-15,21H,1-3,8-11H2/t14-,15-/m0/s1. The van der Waals surface area contributed by atoms with Crippen LogP contribution in [-0.4, -0.2) is 52.5 Å². The number of carbonyl (C=O) groups excluding carboxylic acids is 2. The second kappa shape index (κ2) is 6.66. The Bertz CT molecular complexity index is 590. The highest BCUT2D eigenvalue weighted by Gasteiger charge is 2.36. The normalized spacial score (nSPS) is 25.0. The first-order valence-corrected chi connectivity index (χ1v) is 8.05. The number of nitrogens with zero attached hydrogens (tertiary/aromatic N) is 2. The SMILES string of the molecule is O=C1CCCCN1CC(=O)N1C[C@@H](O)C[C@H]1c1ccc(F)cc1. The van der Waals surface area contributed by atoms with Crippen molar-refractivity contribution in [2.45, 2.75) is 37.8 Å². The van der Waals surface area contributed by atoms with Crippen molar-refractivity contribution in [2.24, 2.45) is 0 Å². The van der Waals surface area contributed by atoms with Crippen molar-refractivity contribution in [1.29, 1.82) is 0 Å². The van der Waals surface area contributed by atoms with E-state index in [1.54, 1.807) is 21.9 Å². The molecule has 2 saturated heterocycles. The van der Waals surface area contributed by atoms with Gasteiger partial charge in [-0.25, -0.2) is 4.39 Å². The fourth-order valence-electron chi connectivity index (χ4n) is 3.37. The lowest BCUT2D eigenvalue weighted by Crippen LogP contribution is -2.44. The Balaban J connectivity index is 1.72. The van der Waals surface area contributed by atoms with E-state index in [0.29, 0.717) is 19.4 Å². The fraction of sp³-hybridized carbons (Fsp3) is 0.529. The molecule has 2 amide bonds. The summed E-state index contributed by atoms with van der Waals surface area (Å²) < 4.78 is 13.1. The van der Waals surface area contributed by atoms with Crippen molar-refractivity contribution < 1.29 is 19.1 Å². The number of aliphatic hydroxyl groups excluding tert-OH is 1. The van der Waals surface area contributed by atoms with E-state index in [1.165, 1.54) is 12.1 Å². The van der Waals surface area contributed by atoms with Crippen LogP contribution < -0.4 is 0 Å². The maximum atomic E-state index is 13.1. The second-order valence-electron chi connectivity index (χ2n) is 6.28. The molecule has 5 nitrogen and oxygen atoms in total. The minimum Gasteiger partial charge on any atom is -0.391 e. The average Bonchev–Trinajstić information content (AvgIpc) is 2.92. The van der Waals surface area contributed by atoms with Gasteiger partial charge < -0.3 is 14.9 Å². The molecule has 0 aromatic heterocycles. The molecule has 1 N–H and O–H groups in total. The van der Waals surface area contributed by atoms with Crippen molar-refractivity contribution >= 4 is 11.8 Å². The highest BCUT2D eigenvalue weighted by molar-refractivity contribution is 5.85. The van der Waals surface area contributed by atoms with Crippen LogP contribution >= 0.6 is 0 Å². The van der Waals surface area contributed by atoms with Gasteiger partial charge in [0.2, 0.25) is 11.8 Å². The van der Waals surface area contributed by atoms with Gasteiger partial charge in [-0.05, 0) is 37.0 Å². The molecule has 0 bridgehead atoms. The highest BCUT2D eigenvalue weighted by Crippen LogP contribution is 2.32. The molecule has 2 fully saturated rings. The quantitative estimate of drug-likeness (QED) is 0.917. The summed E-state index contributed by atoms with van der Waals surface area (Å²) in [6.45, 7) is 0.925. The van der Waals surface area contributed by atoms with Crippen LogP contribution in [0.25, 0.3) is 0 Å². The van der Waals surface area contributed by atoms with Crippen molar-refractivity contribution in [3.63, 3.8) is 0 Å². The van der Waals surface area contributed by atoms with Crippen LogP contribution in [0.5, 0.6) is 0 Å². The van der Waals surface area contributed by atoms with Crippen molar-refractivity contribution in [1.82, 2.24) is 9.80 Å². The van der Waals surface area contributed by atoms with E-state index in [1.807, 2.05) is 0 Å². The van der Waals surface area contributed by atoms with E-state index in [0.717, 1.165) is 18.4 Å². The summed E-state index contributed by atoms with van der Waals surface area (Å²) in [5, 5.41) is 9.94. The lowest BCUT2D eigenvalue weighted by atomic mass is 10.0. The first-order valence-electron chi connectivity index (χ1n) is 8.05.